The summed E-state index contributed by atoms with van der Waals surface area (Å²) in [5.74, 6) is 1.54. The average Bonchev–Trinajstić information content (AvgIpc) is 2.82. The van der Waals surface area contributed by atoms with E-state index in [9.17, 15) is 9.59 Å². The predicted octanol–water partition coefficient (Wildman–Crippen LogP) is 4.81. The fraction of sp³-hybridized carbons (Fsp3) is 0.462. The first kappa shape index (κ1) is 23.6. The van der Waals surface area contributed by atoms with Crippen LogP contribution in [0.5, 0.6) is 11.5 Å². The topological polar surface area (TPSA) is 65.1 Å². The molecule has 32 heavy (non-hydrogen) atoms. The van der Waals surface area contributed by atoms with E-state index in [-0.39, 0.29) is 17.8 Å². The number of rotatable bonds is 8. The maximum atomic E-state index is 13.1. The number of hydrogen-bond donors (Lipinski definition) is 0. The third kappa shape index (κ3) is 5.61. The highest BCUT2D eigenvalue weighted by molar-refractivity contribution is 5.94. The molecule has 0 atom stereocenters. The van der Waals surface area contributed by atoms with Crippen LogP contribution in [0.3, 0.4) is 0 Å². The maximum Gasteiger partial charge on any atom is 0.309 e. The van der Waals surface area contributed by atoms with Gasteiger partial charge in [-0.3, -0.25) is 9.59 Å². The Labute approximate surface area is 190 Å². The minimum absolute atomic E-state index is 0.0428. The van der Waals surface area contributed by atoms with Crippen LogP contribution < -0.4 is 9.47 Å². The van der Waals surface area contributed by atoms with Crippen LogP contribution in [0.4, 0.5) is 0 Å². The maximum absolute atomic E-state index is 13.1. The second-order valence-corrected chi connectivity index (χ2v) is 8.33. The Morgan fingerprint density at radius 3 is 2.44 bits per heavy atom. The number of benzene rings is 2. The number of hydrogen-bond acceptors (Lipinski definition) is 5. The zero-order valence-corrected chi connectivity index (χ0v) is 19.4. The Bertz CT molecular complexity index is 932. The molecule has 0 N–H and O–H groups in total. The third-order valence-electron chi connectivity index (χ3n) is 5.85. The van der Waals surface area contributed by atoms with E-state index >= 15 is 0 Å². The molecule has 172 valence electrons. The minimum atomic E-state index is -0.162. The lowest BCUT2D eigenvalue weighted by molar-refractivity contribution is -0.149. The summed E-state index contributed by atoms with van der Waals surface area (Å²) in [5.41, 5.74) is 2.55. The van der Waals surface area contributed by atoms with Gasteiger partial charge in [-0.2, -0.15) is 0 Å². The Kier molecular flexibility index (Phi) is 8.14. The van der Waals surface area contributed by atoms with Crippen molar-refractivity contribution < 1.29 is 23.8 Å². The standard InChI is InChI=1S/C26H33NO5/c1-5-31-26(29)19-12-14-27(15-13-19)25(28)20-10-11-23(30-4)21(16-20)17-32-24-9-7-6-8-22(24)18(2)3/h6-11,16,18-19H,5,12-15,17H2,1-4H3. The second kappa shape index (κ2) is 11.0. The summed E-state index contributed by atoms with van der Waals surface area (Å²) in [6.07, 6.45) is 1.26. The molecule has 1 amide bonds. The van der Waals surface area contributed by atoms with E-state index in [1.807, 2.05) is 37.3 Å². The number of ether oxygens (including phenoxy) is 3. The Balaban J connectivity index is 1.70. The van der Waals surface area contributed by atoms with Crippen molar-refractivity contribution >= 4 is 11.9 Å². The van der Waals surface area contributed by atoms with Crippen molar-refractivity contribution in [1.29, 1.82) is 0 Å². The van der Waals surface area contributed by atoms with Gasteiger partial charge in [0.15, 0.2) is 0 Å². The number of amides is 1. The molecule has 0 aliphatic carbocycles. The summed E-state index contributed by atoms with van der Waals surface area (Å²) in [7, 11) is 1.61. The molecule has 1 aliphatic rings. The average molecular weight is 440 g/mol. The molecular formula is C26H33NO5. The van der Waals surface area contributed by atoms with Crippen LogP contribution in [0, 0.1) is 5.92 Å². The highest BCUT2D eigenvalue weighted by atomic mass is 16.5. The number of para-hydroxylation sites is 1. The fourth-order valence-corrected chi connectivity index (χ4v) is 4.03. The molecule has 0 aromatic heterocycles. The number of piperidine rings is 1. The van der Waals surface area contributed by atoms with Crippen molar-refractivity contribution in [2.45, 2.75) is 46.1 Å². The van der Waals surface area contributed by atoms with E-state index in [0.29, 0.717) is 56.4 Å². The molecule has 1 fully saturated rings. The molecule has 2 aromatic rings. The van der Waals surface area contributed by atoms with Crippen molar-refractivity contribution in [2.75, 3.05) is 26.8 Å². The second-order valence-electron chi connectivity index (χ2n) is 8.33. The predicted molar refractivity (Wildman–Crippen MR) is 123 cm³/mol. The number of likely N-dealkylation sites (tertiary alicyclic amines) is 1. The molecule has 0 radical (unpaired) electrons. The summed E-state index contributed by atoms with van der Waals surface area (Å²) in [6.45, 7) is 7.85. The van der Waals surface area contributed by atoms with Crippen LogP contribution in [-0.4, -0.2) is 43.6 Å². The first-order valence-electron chi connectivity index (χ1n) is 11.3. The summed E-state index contributed by atoms with van der Waals surface area (Å²) in [6, 6.07) is 13.4. The van der Waals surface area contributed by atoms with E-state index in [1.54, 1.807) is 18.1 Å². The SMILES string of the molecule is CCOC(=O)C1CCN(C(=O)c2ccc(OC)c(COc3ccccc3C(C)C)c2)CC1. The molecule has 1 saturated heterocycles. The van der Waals surface area contributed by atoms with E-state index in [2.05, 4.69) is 19.9 Å². The van der Waals surface area contributed by atoms with E-state index < -0.39 is 0 Å². The van der Waals surface area contributed by atoms with Gasteiger partial charge in [-0.15, -0.1) is 0 Å². The Morgan fingerprint density at radius 1 is 1.06 bits per heavy atom. The zero-order chi connectivity index (χ0) is 23.1. The van der Waals surface area contributed by atoms with E-state index in [0.717, 1.165) is 16.9 Å². The van der Waals surface area contributed by atoms with Crippen LogP contribution in [0.25, 0.3) is 0 Å². The third-order valence-corrected chi connectivity index (χ3v) is 5.85. The molecule has 0 spiro atoms. The molecular weight excluding hydrogens is 406 g/mol. The highest BCUT2D eigenvalue weighted by Crippen LogP contribution is 2.29. The van der Waals surface area contributed by atoms with Crippen molar-refractivity contribution in [3.05, 3.63) is 59.2 Å². The molecule has 3 rings (SSSR count). The van der Waals surface area contributed by atoms with Gasteiger partial charge in [-0.1, -0.05) is 32.0 Å². The molecule has 6 heteroatoms. The first-order chi connectivity index (χ1) is 15.4. The van der Waals surface area contributed by atoms with Gasteiger partial charge >= 0.3 is 5.97 Å². The number of esters is 1. The first-order valence-corrected chi connectivity index (χ1v) is 11.3. The number of carbonyl (C=O) groups is 2. The number of methoxy groups -OCH3 is 1. The van der Waals surface area contributed by atoms with Gasteiger partial charge < -0.3 is 19.1 Å². The summed E-state index contributed by atoms with van der Waals surface area (Å²) in [5, 5.41) is 0. The fourth-order valence-electron chi connectivity index (χ4n) is 4.03. The van der Waals surface area contributed by atoms with Crippen LogP contribution in [-0.2, 0) is 16.1 Å². The van der Waals surface area contributed by atoms with E-state index in [4.69, 9.17) is 14.2 Å². The van der Waals surface area contributed by atoms with Gasteiger partial charge in [0.2, 0.25) is 0 Å². The quantitative estimate of drug-likeness (QED) is 0.552. The lowest BCUT2D eigenvalue weighted by atomic mass is 9.96. The van der Waals surface area contributed by atoms with Gasteiger partial charge in [0.05, 0.1) is 19.6 Å². The normalized spacial score (nSPS) is 14.3. The molecule has 1 aliphatic heterocycles. The summed E-state index contributed by atoms with van der Waals surface area (Å²) < 4.78 is 16.7. The van der Waals surface area contributed by atoms with Gasteiger partial charge in [0.25, 0.3) is 5.91 Å². The molecule has 6 nitrogen and oxygen atoms in total. The minimum Gasteiger partial charge on any atom is -0.496 e. The summed E-state index contributed by atoms with van der Waals surface area (Å²) in [4.78, 5) is 26.9. The van der Waals surface area contributed by atoms with Crippen LogP contribution in [0.2, 0.25) is 0 Å². The molecule has 1 heterocycles. The van der Waals surface area contributed by atoms with Gasteiger partial charge in [-0.05, 0) is 55.5 Å². The van der Waals surface area contributed by atoms with Crippen molar-refractivity contribution in [3.63, 3.8) is 0 Å². The van der Waals surface area contributed by atoms with Crippen LogP contribution in [0.15, 0.2) is 42.5 Å². The molecule has 0 unspecified atom stereocenters. The highest BCUT2D eigenvalue weighted by Gasteiger charge is 2.29. The zero-order valence-electron chi connectivity index (χ0n) is 19.4. The smallest absolute Gasteiger partial charge is 0.309 e. The van der Waals surface area contributed by atoms with Gasteiger partial charge in [0, 0.05) is 24.2 Å². The lowest BCUT2D eigenvalue weighted by Gasteiger charge is -2.31. The van der Waals surface area contributed by atoms with Crippen molar-refractivity contribution in [3.8, 4) is 11.5 Å². The van der Waals surface area contributed by atoms with Gasteiger partial charge in [0.1, 0.15) is 18.1 Å². The lowest BCUT2D eigenvalue weighted by Crippen LogP contribution is -2.40. The van der Waals surface area contributed by atoms with E-state index in [1.165, 1.54) is 0 Å². The largest absolute Gasteiger partial charge is 0.496 e. The van der Waals surface area contributed by atoms with Gasteiger partial charge in [-0.25, -0.2) is 0 Å². The molecule has 2 aromatic carbocycles. The van der Waals surface area contributed by atoms with Crippen molar-refractivity contribution in [2.24, 2.45) is 5.92 Å². The van der Waals surface area contributed by atoms with Crippen molar-refractivity contribution in [1.82, 2.24) is 4.90 Å². The number of nitrogens with zero attached hydrogens (tertiary/aromatic N) is 1. The van der Waals surface area contributed by atoms with Crippen LogP contribution >= 0.6 is 0 Å². The Hall–Kier alpha value is -3.02. The number of carbonyl (C=O) groups excluding carboxylic acids is 2. The monoisotopic (exact) mass is 439 g/mol. The molecule has 0 saturated carbocycles. The summed E-state index contributed by atoms with van der Waals surface area (Å²) >= 11 is 0. The van der Waals surface area contributed by atoms with Crippen LogP contribution in [0.1, 0.15) is 61.0 Å². The molecule has 0 bridgehead atoms. The Morgan fingerprint density at radius 2 is 1.78 bits per heavy atom.